The van der Waals surface area contributed by atoms with Crippen LogP contribution in [0.5, 0.6) is 11.5 Å². The molecule has 0 spiro atoms. The summed E-state index contributed by atoms with van der Waals surface area (Å²) in [4.78, 5) is 9.06. The number of ether oxygens (including phenoxy) is 2. The Hall–Kier alpha value is -2.73. The molecule has 1 N–H and O–H groups in total. The van der Waals surface area contributed by atoms with Gasteiger partial charge in [0.1, 0.15) is 0 Å². The third kappa shape index (κ3) is 2.33. The molecule has 6 nitrogen and oxygen atoms in total. The summed E-state index contributed by atoms with van der Waals surface area (Å²) in [7, 11) is 0. The van der Waals surface area contributed by atoms with E-state index in [9.17, 15) is 5.11 Å². The van der Waals surface area contributed by atoms with Crippen LogP contribution in [-0.4, -0.2) is 37.5 Å². The molecule has 0 bridgehead atoms. The molecule has 3 heterocycles. The molecule has 2 aromatic carbocycles. The molecular formula is C19H19N3O3. The van der Waals surface area contributed by atoms with E-state index >= 15 is 0 Å². The van der Waals surface area contributed by atoms with E-state index in [1.807, 2.05) is 30.3 Å². The van der Waals surface area contributed by atoms with E-state index in [0.717, 1.165) is 42.5 Å². The number of β-amino-alcohol motifs (C(OH)–C–C–N with tert-alkyl or cyclic N) is 1. The van der Waals surface area contributed by atoms with Crippen molar-refractivity contribution < 1.29 is 14.6 Å². The number of hydrogen-bond donors (Lipinski definition) is 1. The SMILES string of the molecule is O[C@H](CN1C2=NCCCN2c2ccccc21)c1ccc2c(c1)OCO2. The minimum absolute atomic E-state index is 0.236. The lowest BCUT2D eigenvalue weighted by molar-refractivity contribution is 0.173. The second kappa shape index (κ2) is 5.67. The van der Waals surface area contributed by atoms with Crippen LogP contribution in [0.15, 0.2) is 47.5 Å². The number of para-hydroxylation sites is 2. The summed E-state index contributed by atoms with van der Waals surface area (Å²) in [6.45, 7) is 2.48. The van der Waals surface area contributed by atoms with Gasteiger partial charge in [0.2, 0.25) is 12.8 Å². The monoisotopic (exact) mass is 337 g/mol. The summed E-state index contributed by atoms with van der Waals surface area (Å²) in [5.41, 5.74) is 3.08. The number of fused-ring (bicyclic) bond motifs is 4. The first-order valence-corrected chi connectivity index (χ1v) is 8.57. The molecule has 5 rings (SSSR count). The van der Waals surface area contributed by atoms with Crippen LogP contribution in [-0.2, 0) is 0 Å². The minimum atomic E-state index is -0.646. The zero-order valence-corrected chi connectivity index (χ0v) is 13.8. The lowest BCUT2D eigenvalue weighted by Crippen LogP contribution is -2.43. The highest BCUT2D eigenvalue weighted by atomic mass is 16.7. The largest absolute Gasteiger partial charge is 0.454 e. The fourth-order valence-electron chi connectivity index (χ4n) is 3.66. The third-order valence-electron chi connectivity index (χ3n) is 4.88. The van der Waals surface area contributed by atoms with Gasteiger partial charge in [-0.05, 0) is 36.2 Å². The fourth-order valence-corrected chi connectivity index (χ4v) is 3.66. The number of benzene rings is 2. The van der Waals surface area contributed by atoms with Crippen molar-refractivity contribution in [2.45, 2.75) is 12.5 Å². The fraction of sp³-hybridized carbons (Fsp3) is 0.316. The maximum Gasteiger partial charge on any atom is 0.231 e. The topological polar surface area (TPSA) is 57.5 Å². The van der Waals surface area contributed by atoms with Gasteiger partial charge in [-0.2, -0.15) is 0 Å². The number of hydrogen-bond acceptors (Lipinski definition) is 6. The molecule has 3 aliphatic heterocycles. The predicted octanol–water partition coefficient (Wildman–Crippen LogP) is 2.54. The van der Waals surface area contributed by atoms with E-state index < -0.39 is 6.10 Å². The first-order valence-electron chi connectivity index (χ1n) is 8.57. The van der Waals surface area contributed by atoms with Crippen molar-refractivity contribution in [1.29, 1.82) is 0 Å². The molecule has 1 atom stereocenters. The Morgan fingerprint density at radius 3 is 2.84 bits per heavy atom. The Labute approximate surface area is 145 Å². The van der Waals surface area contributed by atoms with Crippen molar-refractivity contribution in [2.24, 2.45) is 4.99 Å². The summed E-state index contributed by atoms with van der Waals surface area (Å²) >= 11 is 0. The smallest absolute Gasteiger partial charge is 0.231 e. The van der Waals surface area contributed by atoms with Crippen LogP contribution in [0.3, 0.4) is 0 Å². The second-order valence-corrected chi connectivity index (χ2v) is 6.41. The van der Waals surface area contributed by atoms with Gasteiger partial charge in [-0.1, -0.05) is 18.2 Å². The Bertz CT molecular complexity index is 852. The molecule has 0 saturated heterocycles. The van der Waals surface area contributed by atoms with E-state index in [1.54, 1.807) is 0 Å². The van der Waals surface area contributed by atoms with Crippen LogP contribution in [0.4, 0.5) is 11.4 Å². The van der Waals surface area contributed by atoms with E-state index in [2.05, 4.69) is 21.9 Å². The zero-order chi connectivity index (χ0) is 16.8. The predicted molar refractivity (Wildman–Crippen MR) is 95.6 cm³/mol. The Balaban J connectivity index is 1.45. The number of aliphatic hydroxyl groups excluding tert-OH is 1. The average Bonchev–Trinajstić information content (AvgIpc) is 3.25. The van der Waals surface area contributed by atoms with Gasteiger partial charge in [-0.15, -0.1) is 0 Å². The van der Waals surface area contributed by atoms with Crippen molar-refractivity contribution in [3.05, 3.63) is 48.0 Å². The maximum absolute atomic E-state index is 10.8. The van der Waals surface area contributed by atoms with Crippen LogP contribution in [0.1, 0.15) is 18.1 Å². The minimum Gasteiger partial charge on any atom is -0.454 e. The molecule has 0 aromatic heterocycles. The van der Waals surface area contributed by atoms with Crippen molar-refractivity contribution >= 4 is 17.3 Å². The van der Waals surface area contributed by atoms with Crippen molar-refractivity contribution in [3.63, 3.8) is 0 Å². The molecule has 0 amide bonds. The number of rotatable bonds is 3. The molecule has 2 aromatic rings. The van der Waals surface area contributed by atoms with Crippen molar-refractivity contribution in [1.82, 2.24) is 0 Å². The molecule has 0 unspecified atom stereocenters. The summed E-state index contributed by atoms with van der Waals surface area (Å²) < 4.78 is 10.8. The molecule has 0 saturated carbocycles. The molecular weight excluding hydrogens is 318 g/mol. The number of nitrogens with zero attached hydrogens (tertiary/aromatic N) is 3. The molecule has 25 heavy (non-hydrogen) atoms. The van der Waals surface area contributed by atoms with Gasteiger partial charge in [-0.25, -0.2) is 0 Å². The normalized spacial score (nSPS) is 18.7. The van der Waals surface area contributed by atoms with E-state index in [4.69, 9.17) is 14.5 Å². The Morgan fingerprint density at radius 2 is 1.92 bits per heavy atom. The molecule has 3 aliphatic rings. The van der Waals surface area contributed by atoms with Gasteiger partial charge >= 0.3 is 0 Å². The third-order valence-corrected chi connectivity index (χ3v) is 4.88. The number of aliphatic hydroxyl groups is 1. The van der Waals surface area contributed by atoms with Crippen molar-refractivity contribution in [2.75, 3.05) is 36.2 Å². The van der Waals surface area contributed by atoms with E-state index in [1.165, 1.54) is 5.69 Å². The quantitative estimate of drug-likeness (QED) is 0.933. The number of aliphatic imine (C=N–C) groups is 1. The molecule has 0 aliphatic carbocycles. The maximum atomic E-state index is 10.8. The lowest BCUT2D eigenvalue weighted by atomic mass is 10.1. The van der Waals surface area contributed by atoms with Gasteiger partial charge in [-0.3, -0.25) is 4.99 Å². The lowest BCUT2D eigenvalue weighted by Gasteiger charge is -2.28. The molecule has 128 valence electrons. The van der Waals surface area contributed by atoms with Crippen LogP contribution in [0.25, 0.3) is 0 Å². The summed E-state index contributed by atoms with van der Waals surface area (Å²) in [6, 6.07) is 13.9. The first kappa shape index (κ1) is 14.6. The van der Waals surface area contributed by atoms with Crippen LogP contribution < -0.4 is 19.3 Å². The van der Waals surface area contributed by atoms with Gasteiger partial charge in [0.05, 0.1) is 24.0 Å². The van der Waals surface area contributed by atoms with E-state index in [0.29, 0.717) is 12.3 Å². The summed E-state index contributed by atoms with van der Waals surface area (Å²) in [6.07, 6.45) is 0.406. The van der Waals surface area contributed by atoms with Crippen LogP contribution >= 0.6 is 0 Å². The standard InChI is InChI=1S/C19H19N3O3/c23-16(13-6-7-17-18(10-13)25-12-24-17)11-22-15-5-2-1-4-14(15)21-9-3-8-20-19(21)22/h1-2,4-7,10,16,23H,3,8-9,11-12H2/t16-/m1/s1. The summed E-state index contributed by atoms with van der Waals surface area (Å²) in [5, 5.41) is 10.8. The zero-order valence-electron chi connectivity index (χ0n) is 13.8. The number of guanidine groups is 1. The van der Waals surface area contributed by atoms with Gasteiger partial charge in [0, 0.05) is 13.1 Å². The van der Waals surface area contributed by atoms with Gasteiger partial charge < -0.3 is 24.4 Å². The Morgan fingerprint density at radius 1 is 1.08 bits per heavy atom. The summed E-state index contributed by atoms with van der Waals surface area (Å²) in [5.74, 6) is 2.35. The second-order valence-electron chi connectivity index (χ2n) is 6.41. The average molecular weight is 337 g/mol. The highest BCUT2D eigenvalue weighted by Crippen LogP contribution is 2.40. The van der Waals surface area contributed by atoms with Crippen LogP contribution in [0.2, 0.25) is 0 Å². The number of anilines is 2. The van der Waals surface area contributed by atoms with Gasteiger partial charge in [0.15, 0.2) is 11.5 Å². The first-order chi connectivity index (χ1) is 12.3. The Kier molecular flexibility index (Phi) is 3.31. The highest BCUT2D eigenvalue weighted by molar-refractivity contribution is 6.16. The molecule has 0 radical (unpaired) electrons. The molecule has 6 heteroatoms. The van der Waals surface area contributed by atoms with Gasteiger partial charge in [0.25, 0.3) is 0 Å². The molecule has 0 fully saturated rings. The highest BCUT2D eigenvalue weighted by Gasteiger charge is 2.35. The van der Waals surface area contributed by atoms with Crippen LogP contribution in [0, 0.1) is 0 Å². The van der Waals surface area contributed by atoms with Crippen molar-refractivity contribution in [3.8, 4) is 11.5 Å². The van der Waals surface area contributed by atoms with E-state index in [-0.39, 0.29) is 6.79 Å².